The Morgan fingerprint density at radius 1 is 0.327 bits per heavy atom. The van der Waals surface area contributed by atoms with Gasteiger partial charge in [0.2, 0.25) is 0 Å². The number of anilines is 3. The summed E-state index contributed by atoms with van der Waals surface area (Å²) in [6.45, 7) is 0. The first-order chi connectivity index (χ1) is 24.3. The second-order valence-corrected chi connectivity index (χ2v) is 14.6. The molecule has 0 saturated heterocycles. The standard InChI is InChI=1S/C46H29NS2/c1-2-11-33(12-3-1)47(35-27-22-32(23-28-35)38-16-8-17-40-39-14-6-7-18-42(39)48-45(38)40)34-25-20-31(21-26-34)36-15-9-19-43-44(36)41-29-24-30-10-4-5-13-37(30)46(41)49-43/h1-29H. The molecule has 0 unspecified atom stereocenters. The van der Waals surface area contributed by atoms with Crippen LogP contribution in [0.2, 0.25) is 0 Å². The number of benzene rings is 8. The zero-order valence-electron chi connectivity index (χ0n) is 26.5. The van der Waals surface area contributed by atoms with Crippen LogP contribution < -0.4 is 4.90 Å². The minimum atomic E-state index is 1.13. The van der Waals surface area contributed by atoms with Gasteiger partial charge in [-0.15, -0.1) is 22.7 Å². The van der Waals surface area contributed by atoms with Crippen molar-refractivity contribution in [1.82, 2.24) is 0 Å². The van der Waals surface area contributed by atoms with Crippen molar-refractivity contribution in [2.75, 3.05) is 4.90 Å². The van der Waals surface area contributed by atoms with Gasteiger partial charge >= 0.3 is 0 Å². The van der Waals surface area contributed by atoms with Gasteiger partial charge in [0.15, 0.2) is 0 Å². The van der Waals surface area contributed by atoms with Crippen molar-refractivity contribution in [1.29, 1.82) is 0 Å². The molecule has 3 heteroatoms. The lowest BCUT2D eigenvalue weighted by Crippen LogP contribution is -2.09. The predicted octanol–water partition coefficient (Wildman–Crippen LogP) is 14.4. The van der Waals surface area contributed by atoms with E-state index in [1.807, 2.05) is 22.7 Å². The summed E-state index contributed by atoms with van der Waals surface area (Å²) < 4.78 is 5.36. The molecule has 0 aliphatic carbocycles. The summed E-state index contributed by atoms with van der Waals surface area (Å²) in [4.78, 5) is 2.35. The van der Waals surface area contributed by atoms with E-state index < -0.39 is 0 Å². The predicted molar refractivity (Wildman–Crippen MR) is 215 cm³/mol. The molecule has 1 nitrogen and oxygen atoms in total. The molecule has 0 atom stereocenters. The van der Waals surface area contributed by atoms with Gasteiger partial charge in [0.25, 0.3) is 0 Å². The van der Waals surface area contributed by atoms with Gasteiger partial charge in [-0.25, -0.2) is 0 Å². The van der Waals surface area contributed by atoms with E-state index in [1.165, 1.54) is 73.4 Å². The van der Waals surface area contributed by atoms with Gasteiger partial charge in [-0.05, 0) is 81.6 Å². The van der Waals surface area contributed by atoms with Crippen LogP contribution in [-0.2, 0) is 0 Å². The smallest absolute Gasteiger partial charge is 0.0462 e. The summed E-state index contributed by atoms with van der Waals surface area (Å²) in [6.07, 6.45) is 0. The quantitative estimate of drug-likeness (QED) is 0.178. The first-order valence-corrected chi connectivity index (χ1v) is 18.2. The van der Waals surface area contributed by atoms with Crippen molar-refractivity contribution in [3.8, 4) is 22.3 Å². The fourth-order valence-corrected chi connectivity index (χ4v) is 9.88. The summed E-state index contributed by atoms with van der Waals surface area (Å²) in [5, 5.41) is 7.94. The highest BCUT2D eigenvalue weighted by molar-refractivity contribution is 7.27. The van der Waals surface area contributed by atoms with Crippen molar-refractivity contribution in [2.24, 2.45) is 0 Å². The minimum absolute atomic E-state index is 1.13. The molecule has 230 valence electrons. The second-order valence-electron chi connectivity index (χ2n) is 12.5. The van der Waals surface area contributed by atoms with Crippen molar-refractivity contribution >= 4 is 90.9 Å². The number of para-hydroxylation sites is 1. The summed E-state index contributed by atoms with van der Waals surface area (Å²) in [5.74, 6) is 0. The fraction of sp³-hybridized carbons (Fsp3) is 0. The van der Waals surface area contributed by atoms with Crippen LogP contribution in [0.5, 0.6) is 0 Å². The summed E-state index contributed by atoms with van der Waals surface area (Å²) in [6, 6.07) is 64.2. The monoisotopic (exact) mass is 659 g/mol. The average Bonchev–Trinajstić information content (AvgIpc) is 3.75. The first kappa shape index (κ1) is 28.3. The zero-order chi connectivity index (χ0) is 32.3. The molecule has 0 aliphatic heterocycles. The molecule has 2 aromatic heterocycles. The van der Waals surface area contributed by atoms with E-state index in [0.29, 0.717) is 0 Å². The zero-order valence-corrected chi connectivity index (χ0v) is 28.1. The minimum Gasteiger partial charge on any atom is -0.311 e. The topological polar surface area (TPSA) is 3.24 Å². The van der Waals surface area contributed by atoms with Gasteiger partial charge in [-0.2, -0.15) is 0 Å². The molecule has 10 rings (SSSR count). The molecule has 0 spiro atoms. The third-order valence-corrected chi connectivity index (χ3v) is 12.1. The number of nitrogens with zero attached hydrogens (tertiary/aromatic N) is 1. The molecule has 2 heterocycles. The maximum absolute atomic E-state index is 2.35. The maximum atomic E-state index is 2.35. The van der Waals surface area contributed by atoms with Crippen molar-refractivity contribution < 1.29 is 0 Å². The lowest BCUT2D eigenvalue weighted by atomic mass is 9.98. The Kier molecular flexibility index (Phi) is 6.61. The van der Waals surface area contributed by atoms with E-state index >= 15 is 0 Å². The molecule has 0 bridgehead atoms. The number of rotatable bonds is 5. The van der Waals surface area contributed by atoms with E-state index in [0.717, 1.165) is 17.1 Å². The van der Waals surface area contributed by atoms with Gasteiger partial charge < -0.3 is 4.90 Å². The van der Waals surface area contributed by atoms with E-state index in [9.17, 15) is 0 Å². The van der Waals surface area contributed by atoms with Crippen LogP contribution in [0.4, 0.5) is 17.1 Å². The van der Waals surface area contributed by atoms with Crippen molar-refractivity contribution in [2.45, 2.75) is 0 Å². The summed E-state index contributed by atoms with van der Waals surface area (Å²) in [7, 11) is 0. The average molecular weight is 660 g/mol. The Bertz CT molecular complexity index is 2810. The molecule has 0 radical (unpaired) electrons. The lowest BCUT2D eigenvalue weighted by Gasteiger charge is -2.26. The molecule has 0 fully saturated rings. The van der Waals surface area contributed by atoms with Gasteiger partial charge in [0, 0.05) is 57.4 Å². The highest BCUT2D eigenvalue weighted by Crippen LogP contribution is 2.44. The molecule has 0 amide bonds. The van der Waals surface area contributed by atoms with Crippen LogP contribution in [0.3, 0.4) is 0 Å². The molecule has 0 aliphatic rings. The van der Waals surface area contributed by atoms with E-state index in [4.69, 9.17) is 0 Å². The Balaban J connectivity index is 1.05. The first-order valence-electron chi connectivity index (χ1n) is 16.6. The van der Waals surface area contributed by atoms with Crippen LogP contribution in [0.25, 0.3) is 73.4 Å². The van der Waals surface area contributed by atoms with Gasteiger partial charge in [-0.1, -0.05) is 127 Å². The number of hydrogen-bond donors (Lipinski definition) is 0. The molecule has 8 aromatic carbocycles. The molecule has 10 aromatic rings. The lowest BCUT2D eigenvalue weighted by molar-refractivity contribution is 1.28. The van der Waals surface area contributed by atoms with Crippen LogP contribution in [0.15, 0.2) is 176 Å². The Morgan fingerprint density at radius 2 is 0.898 bits per heavy atom. The third kappa shape index (κ3) is 4.66. The van der Waals surface area contributed by atoms with Gasteiger partial charge in [-0.3, -0.25) is 0 Å². The van der Waals surface area contributed by atoms with Crippen LogP contribution >= 0.6 is 22.7 Å². The van der Waals surface area contributed by atoms with Crippen LogP contribution in [0.1, 0.15) is 0 Å². The van der Waals surface area contributed by atoms with Crippen LogP contribution in [0, 0.1) is 0 Å². The number of thiophene rings is 2. The molecule has 49 heavy (non-hydrogen) atoms. The Morgan fingerprint density at radius 3 is 1.69 bits per heavy atom. The molecular weight excluding hydrogens is 631 g/mol. The number of fused-ring (bicyclic) bond motifs is 8. The van der Waals surface area contributed by atoms with E-state index in [2.05, 4.69) is 181 Å². The third-order valence-electron chi connectivity index (χ3n) is 9.68. The van der Waals surface area contributed by atoms with Gasteiger partial charge in [0.1, 0.15) is 0 Å². The van der Waals surface area contributed by atoms with Gasteiger partial charge in [0.05, 0.1) is 0 Å². The summed E-state index contributed by atoms with van der Waals surface area (Å²) >= 11 is 3.77. The van der Waals surface area contributed by atoms with E-state index in [-0.39, 0.29) is 0 Å². The SMILES string of the molecule is c1ccc(N(c2ccc(-c3cccc4c3sc3ccccc34)cc2)c2ccc(-c3cccc4sc5c6ccccc6ccc5c34)cc2)cc1. The Labute approximate surface area is 292 Å². The van der Waals surface area contributed by atoms with Crippen LogP contribution in [-0.4, -0.2) is 0 Å². The second kappa shape index (κ2) is 11.5. The molecule has 0 saturated carbocycles. The normalized spacial score (nSPS) is 11.7. The maximum Gasteiger partial charge on any atom is 0.0462 e. The van der Waals surface area contributed by atoms with Crippen molar-refractivity contribution in [3.05, 3.63) is 176 Å². The highest BCUT2D eigenvalue weighted by Gasteiger charge is 2.16. The fourth-order valence-electron chi connectivity index (χ4n) is 7.37. The molecule has 0 N–H and O–H groups in total. The number of hydrogen-bond acceptors (Lipinski definition) is 3. The van der Waals surface area contributed by atoms with E-state index in [1.54, 1.807) is 0 Å². The highest BCUT2D eigenvalue weighted by atomic mass is 32.1. The molecular formula is C46H29NS2. The summed E-state index contributed by atoms with van der Waals surface area (Å²) in [5.41, 5.74) is 8.40. The van der Waals surface area contributed by atoms with Crippen molar-refractivity contribution in [3.63, 3.8) is 0 Å². The Hall–Kier alpha value is -5.74. The largest absolute Gasteiger partial charge is 0.311 e.